The smallest absolute Gasteiger partial charge is 0.319 e. The first-order chi connectivity index (χ1) is 22.0. The molecule has 0 atom stereocenters. The Balaban J connectivity index is 1.34. The summed E-state index contributed by atoms with van der Waals surface area (Å²) in [6.07, 6.45) is 0. The molecule has 1 heterocycles. The molecule has 11 heteroatoms. The van der Waals surface area contributed by atoms with Gasteiger partial charge in [0.05, 0.1) is 11.4 Å². The minimum atomic E-state index is -0.666. The minimum Gasteiger partial charge on any atom is -0.505 e. The Labute approximate surface area is 269 Å². The van der Waals surface area contributed by atoms with Gasteiger partial charge in [-0.3, -0.25) is 4.79 Å². The Kier molecular flexibility index (Phi) is 7.89. The average Bonchev–Trinajstić information content (AvgIpc) is 3.00. The van der Waals surface area contributed by atoms with E-state index in [9.17, 15) is 20.1 Å². The van der Waals surface area contributed by atoms with E-state index in [1.807, 2.05) is 51.1 Å². The van der Waals surface area contributed by atoms with Gasteiger partial charge in [0.15, 0.2) is 11.6 Å². The first-order valence-electron chi connectivity index (χ1n) is 14.3. The molecule has 5 aromatic carbocycles. The molecular formula is C35H29ClN6O4. The number of phenolic OH excluding ortho intramolecular Hbond substituents is 1. The molecule has 5 N–H and O–H groups in total. The molecule has 0 spiro atoms. The monoisotopic (exact) mass is 632 g/mol. The molecule has 46 heavy (non-hydrogen) atoms. The zero-order valence-electron chi connectivity index (χ0n) is 25.3. The van der Waals surface area contributed by atoms with Crippen molar-refractivity contribution < 1.29 is 20.1 Å². The molecule has 0 radical (unpaired) electrons. The third kappa shape index (κ3) is 5.73. The van der Waals surface area contributed by atoms with Crippen molar-refractivity contribution in [1.29, 1.82) is 0 Å². The summed E-state index contributed by atoms with van der Waals surface area (Å²) < 4.78 is 0. The van der Waals surface area contributed by atoms with Crippen molar-refractivity contribution >= 4 is 67.6 Å². The summed E-state index contributed by atoms with van der Waals surface area (Å²) in [6.45, 7) is 7.83. The van der Waals surface area contributed by atoms with Crippen LogP contribution in [0.15, 0.2) is 83.0 Å². The van der Waals surface area contributed by atoms with Crippen LogP contribution in [0.4, 0.5) is 28.6 Å². The van der Waals surface area contributed by atoms with Crippen molar-refractivity contribution in [3.8, 4) is 17.6 Å². The molecule has 0 unspecified atom stereocenters. The third-order valence-electron chi connectivity index (χ3n) is 7.76. The predicted molar refractivity (Wildman–Crippen MR) is 181 cm³/mol. The number of fused-ring (bicyclic) bond motifs is 2. The number of rotatable bonds is 6. The minimum absolute atomic E-state index is 0.0371. The zero-order chi connectivity index (χ0) is 32.7. The molecule has 6 rings (SSSR count). The zero-order valence-corrected chi connectivity index (χ0v) is 26.1. The Morgan fingerprint density at radius 2 is 1.61 bits per heavy atom. The number of hydrogen-bond acceptors (Lipinski definition) is 9. The van der Waals surface area contributed by atoms with Gasteiger partial charge in [-0.25, -0.2) is 0 Å². The number of anilines is 3. The van der Waals surface area contributed by atoms with Crippen LogP contribution >= 0.6 is 11.6 Å². The van der Waals surface area contributed by atoms with Crippen molar-refractivity contribution in [2.45, 2.75) is 27.7 Å². The van der Waals surface area contributed by atoms with Crippen LogP contribution in [0.1, 0.15) is 32.6 Å². The maximum Gasteiger partial charge on any atom is 0.319 e. The number of hydrogen-bond donors (Lipinski definition) is 5. The SMILES string of the molecule is Cc1cc(NC(=O)c2cccc(Nc3nc(O)nc(O)c3Cl)c2)c2c(O)c(/N=N\c3ccc4c(C)cccc4c3C)c(C)cc2c1. The number of aryl methyl sites for hydroxylation is 4. The van der Waals surface area contributed by atoms with Crippen molar-refractivity contribution in [3.05, 3.63) is 106 Å². The summed E-state index contributed by atoms with van der Waals surface area (Å²) in [6, 6.07) is 21.5. The molecule has 0 aliphatic rings. The summed E-state index contributed by atoms with van der Waals surface area (Å²) in [5.41, 5.74) is 5.87. The van der Waals surface area contributed by atoms with Gasteiger partial charge in [-0.2, -0.15) is 15.1 Å². The molecule has 0 saturated heterocycles. The molecular weight excluding hydrogens is 604 g/mol. The van der Waals surface area contributed by atoms with E-state index in [1.54, 1.807) is 30.3 Å². The first kappa shape index (κ1) is 30.3. The number of carbonyl (C=O) groups is 1. The number of nitrogens with one attached hydrogen (secondary N) is 2. The molecule has 6 aromatic rings. The fraction of sp³-hybridized carbons (Fsp3) is 0.114. The topological polar surface area (TPSA) is 152 Å². The molecule has 0 aliphatic heterocycles. The molecule has 230 valence electrons. The van der Waals surface area contributed by atoms with E-state index >= 15 is 0 Å². The average molecular weight is 633 g/mol. The van der Waals surface area contributed by atoms with Crippen LogP contribution in [0.3, 0.4) is 0 Å². The predicted octanol–water partition coefficient (Wildman–Crippen LogP) is 9.20. The van der Waals surface area contributed by atoms with Crippen LogP contribution in [-0.2, 0) is 0 Å². The first-order valence-corrected chi connectivity index (χ1v) is 14.7. The van der Waals surface area contributed by atoms with E-state index in [1.165, 1.54) is 5.56 Å². The summed E-state index contributed by atoms with van der Waals surface area (Å²) in [4.78, 5) is 20.7. The molecule has 0 saturated carbocycles. The van der Waals surface area contributed by atoms with Gasteiger partial charge in [-0.15, -0.1) is 5.11 Å². The lowest BCUT2D eigenvalue weighted by Crippen LogP contribution is -2.12. The van der Waals surface area contributed by atoms with Gasteiger partial charge >= 0.3 is 6.01 Å². The second kappa shape index (κ2) is 12.0. The number of benzene rings is 5. The molecule has 1 amide bonds. The van der Waals surface area contributed by atoms with Gasteiger partial charge in [0, 0.05) is 16.6 Å². The summed E-state index contributed by atoms with van der Waals surface area (Å²) >= 11 is 6.06. The van der Waals surface area contributed by atoms with E-state index in [4.69, 9.17) is 11.6 Å². The number of halogens is 1. The van der Waals surface area contributed by atoms with Crippen molar-refractivity contribution in [2.75, 3.05) is 10.6 Å². The van der Waals surface area contributed by atoms with E-state index in [0.717, 1.165) is 32.8 Å². The number of azo groups is 1. The Hall–Kier alpha value is -5.74. The Morgan fingerprint density at radius 3 is 2.41 bits per heavy atom. The van der Waals surface area contributed by atoms with E-state index in [0.29, 0.717) is 28.1 Å². The summed E-state index contributed by atoms with van der Waals surface area (Å²) in [7, 11) is 0. The standard InChI is InChI=1S/C35H29ClN6O4/c1-17-13-22-15-19(3)30(42-41-26-12-11-24-18(2)7-5-10-25(24)20(26)4)31(43)28(22)27(14-17)38-33(44)21-8-6-9-23(16-21)37-32-29(36)34(45)40-35(46)39-32/h5-16,43H,1-4H3,(H,38,44)(H3,37,39,40,45,46)/b42-41-. The number of phenols is 1. The molecule has 0 aliphatic carbocycles. The highest BCUT2D eigenvalue weighted by molar-refractivity contribution is 6.34. The van der Waals surface area contributed by atoms with Crippen LogP contribution in [0.25, 0.3) is 21.5 Å². The molecule has 0 bridgehead atoms. The van der Waals surface area contributed by atoms with Gasteiger partial charge in [0.2, 0.25) is 5.88 Å². The van der Waals surface area contributed by atoms with Crippen LogP contribution in [0.5, 0.6) is 17.6 Å². The summed E-state index contributed by atoms with van der Waals surface area (Å²) in [5.74, 6) is -1.17. The number of nitrogens with zero attached hydrogens (tertiary/aromatic N) is 4. The van der Waals surface area contributed by atoms with E-state index < -0.39 is 17.8 Å². The number of amides is 1. The number of carbonyl (C=O) groups excluding carboxylic acids is 1. The quantitative estimate of drug-likeness (QED) is 0.115. The van der Waals surface area contributed by atoms with Gasteiger partial charge in [-0.1, -0.05) is 48.0 Å². The van der Waals surface area contributed by atoms with Crippen LogP contribution in [-0.4, -0.2) is 31.2 Å². The Bertz CT molecular complexity index is 2230. The maximum absolute atomic E-state index is 13.5. The van der Waals surface area contributed by atoms with Crippen molar-refractivity contribution in [2.24, 2.45) is 10.2 Å². The highest BCUT2D eigenvalue weighted by atomic mass is 35.5. The van der Waals surface area contributed by atoms with E-state index in [2.05, 4.69) is 49.9 Å². The fourth-order valence-corrected chi connectivity index (χ4v) is 5.60. The van der Waals surface area contributed by atoms with Gasteiger partial charge in [-0.05, 0) is 103 Å². The van der Waals surface area contributed by atoms with E-state index in [-0.39, 0.29) is 22.2 Å². The fourth-order valence-electron chi connectivity index (χ4n) is 5.47. The second-order valence-electron chi connectivity index (χ2n) is 11.1. The summed E-state index contributed by atoms with van der Waals surface area (Å²) in [5, 5.41) is 49.0. The number of aromatic nitrogens is 2. The Morgan fingerprint density at radius 1 is 0.826 bits per heavy atom. The highest BCUT2D eigenvalue weighted by Gasteiger charge is 2.18. The van der Waals surface area contributed by atoms with Crippen LogP contribution in [0, 0.1) is 27.7 Å². The lowest BCUT2D eigenvalue weighted by molar-refractivity contribution is 0.102. The number of aromatic hydroxyl groups is 3. The normalized spacial score (nSPS) is 11.4. The largest absolute Gasteiger partial charge is 0.505 e. The van der Waals surface area contributed by atoms with Crippen molar-refractivity contribution in [1.82, 2.24) is 9.97 Å². The van der Waals surface area contributed by atoms with Crippen LogP contribution in [0.2, 0.25) is 5.02 Å². The van der Waals surface area contributed by atoms with Crippen molar-refractivity contribution in [3.63, 3.8) is 0 Å². The molecule has 1 aromatic heterocycles. The molecule has 10 nitrogen and oxygen atoms in total. The van der Waals surface area contributed by atoms with Crippen LogP contribution < -0.4 is 10.6 Å². The lowest BCUT2D eigenvalue weighted by Gasteiger charge is -2.15. The van der Waals surface area contributed by atoms with Gasteiger partial charge < -0.3 is 26.0 Å². The lowest BCUT2D eigenvalue weighted by atomic mass is 10.00. The van der Waals surface area contributed by atoms with Gasteiger partial charge in [0.1, 0.15) is 10.7 Å². The second-order valence-corrected chi connectivity index (χ2v) is 11.4. The van der Waals surface area contributed by atoms with Gasteiger partial charge in [0.25, 0.3) is 5.91 Å². The molecule has 0 fully saturated rings. The highest BCUT2D eigenvalue weighted by Crippen LogP contribution is 2.43. The maximum atomic E-state index is 13.5. The third-order valence-corrected chi connectivity index (χ3v) is 8.10.